The fourth-order valence-corrected chi connectivity index (χ4v) is 1.67. The molecule has 0 aliphatic carbocycles. The molecule has 4 nitrogen and oxygen atoms in total. The van der Waals surface area contributed by atoms with Gasteiger partial charge in [0.15, 0.2) is 0 Å². The van der Waals surface area contributed by atoms with Gasteiger partial charge in [-0.05, 0) is 24.6 Å². The van der Waals surface area contributed by atoms with Crippen molar-refractivity contribution < 1.29 is 0 Å². The molecule has 4 heteroatoms. The number of rotatable bonds is 2. The quantitative estimate of drug-likeness (QED) is 0.822. The molecule has 1 aromatic heterocycles. The Morgan fingerprint density at radius 2 is 2.31 bits per heavy atom. The summed E-state index contributed by atoms with van der Waals surface area (Å²) in [5, 5.41) is 8.63. The molecule has 1 heterocycles. The Bertz CT molecular complexity index is 601. The fourth-order valence-electron chi connectivity index (χ4n) is 1.67. The number of aromatic nitrogens is 2. The highest BCUT2D eigenvalue weighted by Crippen LogP contribution is 2.11. The van der Waals surface area contributed by atoms with E-state index in [1.807, 2.05) is 31.2 Å². The number of hydrogen-bond acceptors (Lipinski definition) is 2. The van der Waals surface area contributed by atoms with Crippen LogP contribution in [0.5, 0.6) is 0 Å². The number of nitriles is 1. The van der Waals surface area contributed by atoms with Crippen LogP contribution in [-0.2, 0) is 6.42 Å². The Morgan fingerprint density at radius 3 is 2.94 bits per heavy atom. The Hall–Kier alpha value is -2.28. The van der Waals surface area contributed by atoms with E-state index in [0.29, 0.717) is 6.42 Å². The van der Waals surface area contributed by atoms with Crippen LogP contribution in [0.1, 0.15) is 11.3 Å². The number of aryl methyl sites for hydroxylation is 1. The van der Waals surface area contributed by atoms with E-state index in [0.717, 1.165) is 16.9 Å². The first-order valence-corrected chi connectivity index (χ1v) is 4.95. The minimum atomic E-state index is -0.161. The molecule has 0 saturated heterocycles. The molecule has 0 fully saturated rings. The summed E-state index contributed by atoms with van der Waals surface area (Å²) in [6, 6.07) is 9.52. The molecular formula is C12H11N3O. The summed E-state index contributed by atoms with van der Waals surface area (Å²) in [4.78, 5) is 14.2. The largest absolute Gasteiger partial charge is 0.330 e. The first-order valence-electron chi connectivity index (χ1n) is 4.95. The van der Waals surface area contributed by atoms with Gasteiger partial charge in [-0.25, -0.2) is 4.79 Å². The van der Waals surface area contributed by atoms with E-state index in [-0.39, 0.29) is 5.69 Å². The van der Waals surface area contributed by atoms with Gasteiger partial charge in [-0.15, -0.1) is 0 Å². The summed E-state index contributed by atoms with van der Waals surface area (Å²) in [6.07, 6.45) is 2.02. The lowest BCUT2D eigenvalue weighted by Crippen LogP contribution is -2.15. The number of nitrogens with zero attached hydrogens (tertiary/aromatic N) is 2. The van der Waals surface area contributed by atoms with Crippen LogP contribution >= 0.6 is 0 Å². The highest BCUT2D eigenvalue weighted by atomic mass is 16.1. The zero-order valence-corrected chi connectivity index (χ0v) is 8.90. The third-order valence-corrected chi connectivity index (χ3v) is 2.41. The van der Waals surface area contributed by atoms with Crippen LogP contribution in [0, 0.1) is 18.3 Å². The average molecular weight is 213 g/mol. The number of imidazole rings is 1. The van der Waals surface area contributed by atoms with E-state index in [1.54, 1.807) is 10.8 Å². The monoisotopic (exact) mass is 213 g/mol. The molecule has 1 aromatic carbocycles. The van der Waals surface area contributed by atoms with Gasteiger partial charge in [0.1, 0.15) is 0 Å². The molecule has 0 spiro atoms. The summed E-state index contributed by atoms with van der Waals surface area (Å²) >= 11 is 0. The van der Waals surface area contributed by atoms with E-state index >= 15 is 0 Å². The zero-order valence-electron chi connectivity index (χ0n) is 8.90. The van der Waals surface area contributed by atoms with E-state index in [9.17, 15) is 4.79 Å². The molecular weight excluding hydrogens is 202 g/mol. The van der Waals surface area contributed by atoms with Gasteiger partial charge in [0, 0.05) is 11.9 Å². The molecule has 2 rings (SSSR count). The summed E-state index contributed by atoms with van der Waals surface area (Å²) in [5.41, 5.74) is 2.38. The molecule has 0 saturated carbocycles. The topological polar surface area (TPSA) is 61.6 Å². The molecule has 0 radical (unpaired) electrons. The second-order valence-corrected chi connectivity index (χ2v) is 3.58. The van der Waals surface area contributed by atoms with Gasteiger partial charge in [0.25, 0.3) is 0 Å². The van der Waals surface area contributed by atoms with Gasteiger partial charge in [-0.2, -0.15) is 5.26 Å². The van der Waals surface area contributed by atoms with Crippen molar-refractivity contribution in [1.29, 1.82) is 5.26 Å². The van der Waals surface area contributed by atoms with Crippen LogP contribution in [0.15, 0.2) is 35.3 Å². The summed E-state index contributed by atoms with van der Waals surface area (Å²) in [7, 11) is 0. The SMILES string of the molecule is Cc1c[nH]c(=O)n1-c1cccc(CC#N)c1. The van der Waals surface area contributed by atoms with Crippen molar-refractivity contribution in [3.05, 3.63) is 52.2 Å². The molecule has 0 atom stereocenters. The molecule has 0 bridgehead atoms. The van der Waals surface area contributed by atoms with Crippen molar-refractivity contribution in [2.45, 2.75) is 13.3 Å². The van der Waals surface area contributed by atoms with Crippen molar-refractivity contribution in [3.63, 3.8) is 0 Å². The minimum Gasteiger partial charge on any atom is -0.312 e. The van der Waals surface area contributed by atoms with Gasteiger partial charge in [-0.1, -0.05) is 12.1 Å². The van der Waals surface area contributed by atoms with E-state index in [4.69, 9.17) is 5.26 Å². The summed E-state index contributed by atoms with van der Waals surface area (Å²) in [5.74, 6) is 0. The van der Waals surface area contributed by atoms with Crippen molar-refractivity contribution in [3.8, 4) is 11.8 Å². The van der Waals surface area contributed by atoms with Crippen LogP contribution in [0.25, 0.3) is 5.69 Å². The van der Waals surface area contributed by atoms with Crippen LogP contribution in [0.4, 0.5) is 0 Å². The third kappa shape index (κ3) is 1.75. The van der Waals surface area contributed by atoms with Gasteiger partial charge >= 0.3 is 5.69 Å². The van der Waals surface area contributed by atoms with Crippen molar-refractivity contribution in [2.24, 2.45) is 0 Å². The average Bonchev–Trinajstić information content (AvgIpc) is 2.59. The van der Waals surface area contributed by atoms with Crippen LogP contribution < -0.4 is 5.69 Å². The van der Waals surface area contributed by atoms with Gasteiger partial charge < -0.3 is 4.98 Å². The van der Waals surface area contributed by atoms with E-state index in [2.05, 4.69) is 11.1 Å². The van der Waals surface area contributed by atoms with Crippen LogP contribution in [-0.4, -0.2) is 9.55 Å². The number of nitrogens with one attached hydrogen (secondary N) is 1. The number of hydrogen-bond donors (Lipinski definition) is 1. The number of benzene rings is 1. The lowest BCUT2D eigenvalue weighted by Gasteiger charge is -2.05. The lowest BCUT2D eigenvalue weighted by atomic mass is 10.1. The normalized spacial score (nSPS) is 10.0. The van der Waals surface area contributed by atoms with E-state index < -0.39 is 0 Å². The molecule has 0 aliphatic heterocycles. The number of aromatic amines is 1. The standard InChI is InChI=1S/C12H11N3O/c1-9-8-14-12(16)15(9)11-4-2-3-10(7-11)5-6-13/h2-4,7-8H,5H2,1H3,(H,14,16). The number of H-pyrrole nitrogens is 1. The second kappa shape index (κ2) is 4.07. The van der Waals surface area contributed by atoms with E-state index in [1.165, 1.54) is 0 Å². The van der Waals surface area contributed by atoms with Gasteiger partial charge in [-0.3, -0.25) is 4.57 Å². The van der Waals surface area contributed by atoms with Crippen LogP contribution in [0.2, 0.25) is 0 Å². The molecule has 1 N–H and O–H groups in total. The molecule has 2 aromatic rings. The van der Waals surface area contributed by atoms with Crippen molar-refractivity contribution in [1.82, 2.24) is 9.55 Å². The maximum Gasteiger partial charge on any atom is 0.330 e. The summed E-state index contributed by atoms with van der Waals surface area (Å²) < 4.78 is 1.58. The minimum absolute atomic E-state index is 0.161. The Balaban J connectivity index is 2.53. The Kier molecular flexibility index (Phi) is 2.61. The zero-order chi connectivity index (χ0) is 11.5. The first-order chi connectivity index (χ1) is 7.72. The predicted molar refractivity (Wildman–Crippen MR) is 60.4 cm³/mol. The first kappa shape index (κ1) is 10.2. The fraction of sp³-hybridized carbons (Fsp3) is 0.167. The Labute approximate surface area is 92.8 Å². The Morgan fingerprint density at radius 1 is 1.50 bits per heavy atom. The maximum absolute atomic E-state index is 11.6. The summed E-state index contributed by atoms with van der Waals surface area (Å²) in [6.45, 7) is 1.86. The second-order valence-electron chi connectivity index (χ2n) is 3.58. The highest BCUT2D eigenvalue weighted by molar-refractivity contribution is 5.38. The smallest absolute Gasteiger partial charge is 0.312 e. The molecule has 80 valence electrons. The molecule has 0 amide bonds. The van der Waals surface area contributed by atoms with Gasteiger partial charge in [0.05, 0.1) is 18.2 Å². The lowest BCUT2D eigenvalue weighted by molar-refractivity contribution is 0.946. The predicted octanol–water partition coefficient (Wildman–Crippen LogP) is 1.54. The molecule has 16 heavy (non-hydrogen) atoms. The van der Waals surface area contributed by atoms with Crippen LogP contribution in [0.3, 0.4) is 0 Å². The molecule has 0 unspecified atom stereocenters. The molecule has 0 aliphatic rings. The van der Waals surface area contributed by atoms with Gasteiger partial charge in [0.2, 0.25) is 0 Å². The maximum atomic E-state index is 11.6. The highest BCUT2D eigenvalue weighted by Gasteiger charge is 2.04. The third-order valence-electron chi connectivity index (χ3n) is 2.41. The van der Waals surface area contributed by atoms with Crippen molar-refractivity contribution in [2.75, 3.05) is 0 Å². The van der Waals surface area contributed by atoms with Crippen molar-refractivity contribution >= 4 is 0 Å².